The van der Waals surface area contributed by atoms with Crippen LogP contribution < -0.4 is 4.74 Å². The first-order valence-corrected chi connectivity index (χ1v) is 9.58. The van der Waals surface area contributed by atoms with Gasteiger partial charge in [-0.05, 0) is 44.4 Å². The second kappa shape index (κ2) is 13.5. The van der Waals surface area contributed by atoms with E-state index in [1.807, 2.05) is 0 Å². The van der Waals surface area contributed by atoms with Gasteiger partial charge in [0.25, 0.3) is 0 Å². The molecular weight excluding hydrogens is 352 g/mol. The van der Waals surface area contributed by atoms with Crippen LogP contribution in [-0.2, 0) is 23.7 Å². The number of carbonyl (C=O) groups is 1. The Balaban J connectivity index is 1.44. The fourth-order valence-corrected chi connectivity index (χ4v) is 2.55. The molecule has 1 fully saturated rings. The molecule has 1 atom stereocenters. The lowest BCUT2D eigenvalue weighted by atomic mass is 10.2. The second-order valence-corrected chi connectivity index (χ2v) is 5.99. The average molecular weight is 382 g/mol. The molecule has 7 nitrogen and oxygen atoms in total. The first-order chi connectivity index (χ1) is 13.3. The summed E-state index contributed by atoms with van der Waals surface area (Å²) in [4.78, 5) is 11.7. The summed E-state index contributed by atoms with van der Waals surface area (Å²) >= 11 is 0. The maximum atomic E-state index is 11.7. The van der Waals surface area contributed by atoms with Crippen LogP contribution in [0.2, 0.25) is 0 Å². The summed E-state index contributed by atoms with van der Waals surface area (Å²) in [6.45, 7) is 5.81. The predicted octanol–water partition coefficient (Wildman–Crippen LogP) is 2.82. The van der Waals surface area contributed by atoms with E-state index in [2.05, 4.69) is 0 Å². The van der Waals surface area contributed by atoms with E-state index in [4.69, 9.17) is 28.4 Å². The van der Waals surface area contributed by atoms with E-state index < -0.39 is 0 Å². The van der Waals surface area contributed by atoms with Gasteiger partial charge in [-0.2, -0.15) is 0 Å². The summed E-state index contributed by atoms with van der Waals surface area (Å²) in [5, 5.41) is 0. The third-order valence-corrected chi connectivity index (χ3v) is 3.88. The summed E-state index contributed by atoms with van der Waals surface area (Å²) in [6, 6.07) is 6.92. The third-order valence-electron chi connectivity index (χ3n) is 3.88. The van der Waals surface area contributed by atoms with Crippen molar-refractivity contribution in [2.45, 2.75) is 32.5 Å². The number of carbonyl (C=O) groups excluding carboxylic acids is 1. The highest BCUT2D eigenvalue weighted by Gasteiger charge is 2.13. The second-order valence-electron chi connectivity index (χ2n) is 5.99. The monoisotopic (exact) mass is 382 g/mol. The van der Waals surface area contributed by atoms with Crippen molar-refractivity contribution in [1.29, 1.82) is 0 Å². The lowest BCUT2D eigenvalue weighted by Crippen LogP contribution is -2.24. The quantitative estimate of drug-likeness (QED) is 0.384. The Kier molecular flexibility index (Phi) is 10.8. The van der Waals surface area contributed by atoms with Crippen LogP contribution in [0, 0.1) is 0 Å². The molecule has 7 heteroatoms. The summed E-state index contributed by atoms with van der Waals surface area (Å²) in [5.41, 5.74) is 0.476. The molecule has 0 saturated carbocycles. The summed E-state index contributed by atoms with van der Waals surface area (Å²) in [6.07, 6.45) is 3.17. The molecule has 0 amide bonds. The van der Waals surface area contributed by atoms with Crippen LogP contribution in [0.15, 0.2) is 24.3 Å². The van der Waals surface area contributed by atoms with Gasteiger partial charge in [0.1, 0.15) is 12.4 Å². The van der Waals surface area contributed by atoms with Crippen LogP contribution in [0.5, 0.6) is 5.75 Å². The Morgan fingerprint density at radius 3 is 2.59 bits per heavy atom. The maximum absolute atomic E-state index is 11.7. The van der Waals surface area contributed by atoms with Crippen molar-refractivity contribution in [3.63, 3.8) is 0 Å². The molecule has 1 aliphatic rings. The van der Waals surface area contributed by atoms with Gasteiger partial charge in [0.15, 0.2) is 6.29 Å². The molecule has 0 aromatic heterocycles. The van der Waals surface area contributed by atoms with Gasteiger partial charge in [-0.3, -0.25) is 0 Å². The minimum atomic E-state index is -0.352. The summed E-state index contributed by atoms with van der Waals surface area (Å²) in [5.74, 6) is 0.262. The number of benzene rings is 1. The zero-order valence-electron chi connectivity index (χ0n) is 16.0. The van der Waals surface area contributed by atoms with Crippen LogP contribution >= 0.6 is 0 Å². The number of rotatable bonds is 13. The average Bonchev–Trinajstić information content (AvgIpc) is 2.70. The molecule has 0 N–H and O–H groups in total. The molecule has 152 valence electrons. The fraction of sp³-hybridized carbons (Fsp3) is 0.650. The third kappa shape index (κ3) is 9.19. The van der Waals surface area contributed by atoms with Gasteiger partial charge in [0.2, 0.25) is 0 Å². The molecule has 1 unspecified atom stereocenters. The molecule has 0 radical (unpaired) electrons. The van der Waals surface area contributed by atoms with Crippen molar-refractivity contribution in [1.82, 2.24) is 0 Å². The van der Waals surface area contributed by atoms with Crippen molar-refractivity contribution in [3.05, 3.63) is 29.8 Å². The zero-order chi connectivity index (χ0) is 19.2. The fourth-order valence-electron chi connectivity index (χ4n) is 2.55. The normalized spacial score (nSPS) is 16.9. The topological polar surface area (TPSA) is 72.5 Å². The van der Waals surface area contributed by atoms with Crippen LogP contribution in [0.1, 0.15) is 36.5 Å². The van der Waals surface area contributed by atoms with Gasteiger partial charge in [-0.25, -0.2) is 4.79 Å². The van der Waals surface area contributed by atoms with Crippen molar-refractivity contribution in [2.75, 3.05) is 52.9 Å². The maximum Gasteiger partial charge on any atom is 0.338 e. The van der Waals surface area contributed by atoms with E-state index in [0.717, 1.165) is 25.9 Å². The Morgan fingerprint density at radius 1 is 1.07 bits per heavy atom. The Labute approximate surface area is 160 Å². The van der Waals surface area contributed by atoms with Crippen molar-refractivity contribution < 1.29 is 33.2 Å². The number of hydrogen-bond acceptors (Lipinski definition) is 7. The van der Waals surface area contributed by atoms with Gasteiger partial charge in [-0.1, -0.05) is 6.07 Å². The van der Waals surface area contributed by atoms with Crippen molar-refractivity contribution in [3.8, 4) is 5.75 Å². The van der Waals surface area contributed by atoms with E-state index in [1.165, 1.54) is 0 Å². The van der Waals surface area contributed by atoms with Crippen LogP contribution in [0.4, 0.5) is 0 Å². The Bertz CT molecular complexity index is 529. The van der Waals surface area contributed by atoms with E-state index in [9.17, 15) is 4.79 Å². The highest BCUT2D eigenvalue weighted by Crippen LogP contribution is 2.14. The molecule has 2 rings (SSSR count). The van der Waals surface area contributed by atoms with E-state index >= 15 is 0 Å². The molecule has 1 aromatic rings. The molecule has 1 saturated heterocycles. The Morgan fingerprint density at radius 2 is 1.85 bits per heavy atom. The van der Waals surface area contributed by atoms with E-state index in [-0.39, 0.29) is 12.3 Å². The standard InChI is InChI=1S/C20H30O7/c1-2-24-20(21)17-6-5-7-18(16-17)25-14-12-22-10-11-23-13-15-27-19-8-3-4-9-26-19/h5-7,16,19H,2-4,8-15H2,1H3. The predicted molar refractivity (Wildman–Crippen MR) is 99.1 cm³/mol. The first-order valence-electron chi connectivity index (χ1n) is 9.58. The van der Waals surface area contributed by atoms with Crippen LogP contribution in [-0.4, -0.2) is 65.1 Å². The smallest absolute Gasteiger partial charge is 0.338 e. The minimum absolute atomic E-state index is 0.0712. The lowest BCUT2D eigenvalue weighted by molar-refractivity contribution is -0.169. The van der Waals surface area contributed by atoms with Gasteiger partial charge in [-0.15, -0.1) is 0 Å². The molecule has 27 heavy (non-hydrogen) atoms. The minimum Gasteiger partial charge on any atom is -0.491 e. The van der Waals surface area contributed by atoms with Crippen molar-refractivity contribution >= 4 is 5.97 Å². The molecule has 1 heterocycles. The Hall–Kier alpha value is -1.67. The molecule has 0 bridgehead atoms. The molecule has 0 aliphatic carbocycles. The highest BCUT2D eigenvalue weighted by molar-refractivity contribution is 5.89. The van der Waals surface area contributed by atoms with Gasteiger partial charge < -0.3 is 28.4 Å². The highest BCUT2D eigenvalue weighted by atomic mass is 16.7. The van der Waals surface area contributed by atoms with Crippen LogP contribution in [0.3, 0.4) is 0 Å². The molecular formula is C20H30O7. The van der Waals surface area contributed by atoms with Gasteiger partial charge in [0.05, 0.1) is 45.2 Å². The molecule has 1 aliphatic heterocycles. The largest absolute Gasteiger partial charge is 0.491 e. The lowest BCUT2D eigenvalue weighted by Gasteiger charge is -2.22. The van der Waals surface area contributed by atoms with Crippen molar-refractivity contribution in [2.24, 2.45) is 0 Å². The number of hydrogen-bond donors (Lipinski definition) is 0. The molecule has 1 aromatic carbocycles. The van der Waals surface area contributed by atoms with E-state index in [0.29, 0.717) is 57.6 Å². The van der Waals surface area contributed by atoms with Crippen LogP contribution in [0.25, 0.3) is 0 Å². The number of esters is 1. The van der Waals surface area contributed by atoms with Gasteiger partial charge >= 0.3 is 5.97 Å². The molecule has 0 spiro atoms. The number of ether oxygens (including phenoxy) is 6. The summed E-state index contributed by atoms with van der Waals surface area (Å²) in [7, 11) is 0. The first kappa shape index (κ1) is 21.6. The van der Waals surface area contributed by atoms with Gasteiger partial charge in [0, 0.05) is 6.61 Å². The zero-order valence-corrected chi connectivity index (χ0v) is 16.0. The summed E-state index contributed by atoms with van der Waals surface area (Å²) < 4.78 is 32.5. The van der Waals surface area contributed by atoms with E-state index in [1.54, 1.807) is 31.2 Å². The SMILES string of the molecule is CCOC(=O)c1cccc(OCCOCCOCCOC2CCCCO2)c1.